The van der Waals surface area contributed by atoms with Gasteiger partial charge in [0.15, 0.2) is 9.84 Å². The number of hydrogen-bond donors (Lipinski definition) is 1. The summed E-state index contributed by atoms with van der Waals surface area (Å²) in [5.41, 5.74) is 0. The summed E-state index contributed by atoms with van der Waals surface area (Å²) in [5.74, 6) is 0.346. The van der Waals surface area contributed by atoms with Gasteiger partial charge in [0.05, 0.1) is 11.0 Å². The molecule has 0 aliphatic carbocycles. The van der Waals surface area contributed by atoms with Crippen LogP contribution in [0.2, 0.25) is 0 Å². The van der Waals surface area contributed by atoms with Crippen molar-refractivity contribution in [1.29, 1.82) is 0 Å². The molecule has 0 rings (SSSR count). The average molecular weight is 263 g/mol. The number of rotatable bonds is 11. The van der Waals surface area contributed by atoms with E-state index in [1.165, 1.54) is 12.8 Å². The van der Waals surface area contributed by atoms with Crippen LogP contribution in [-0.4, -0.2) is 32.5 Å². The Labute approximate surface area is 107 Å². The summed E-state index contributed by atoms with van der Waals surface area (Å²) < 4.78 is 23.8. The van der Waals surface area contributed by atoms with E-state index < -0.39 is 9.84 Å². The molecular formula is C13H29NO2S. The molecule has 1 unspecified atom stereocenters. The SMILES string of the molecule is CCCCCNCC(C)S(=O)(=O)CCCCC. The van der Waals surface area contributed by atoms with Gasteiger partial charge in [0.2, 0.25) is 0 Å². The zero-order valence-corrected chi connectivity index (χ0v) is 12.5. The summed E-state index contributed by atoms with van der Waals surface area (Å²) in [5, 5.41) is 2.99. The van der Waals surface area contributed by atoms with Gasteiger partial charge >= 0.3 is 0 Å². The number of hydrogen-bond acceptors (Lipinski definition) is 3. The summed E-state index contributed by atoms with van der Waals surface area (Å²) in [6.07, 6.45) is 6.43. The molecule has 0 heterocycles. The van der Waals surface area contributed by atoms with Gasteiger partial charge in [-0.15, -0.1) is 0 Å². The molecule has 1 atom stereocenters. The minimum absolute atomic E-state index is 0.249. The zero-order chi connectivity index (χ0) is 13.1. The van der Waals surface area contributed by atoms with E-state index in [0.717, 1.165) is 32.2 Å². The van der Waals surface area contributed by atoms with E-state index in [1.54, 1.807) is 0 Å². The van der Waals surface area contributed by atoms with Crippen molar-refractivity contribution in [3.63, 3.8) is 0 Å². The Morgan fingerprint density at radius 3 is 2.18 bits per heavy atom. The molecule has 3 nitrogen and oxygen atoms in total. The Hall–Kier alpha value is -0.0900. The van der Waals surface area contributed by atoms with Crippen LogP contribution in [0.4, 0.5) is 0 Å². The molecule has 0 aliphatic heterocycles. The lowest BCUT2D eigenvalue weighted by atomic mass is 10.2. The van der Waals surface area contributed by atoms with Crippen molar-refractivity contribution in [1.82, 2.24) is 5.32 Å². The molecule has 0 aromatic carbocycles. The second kappa shape index (κ2) is 9.89. The first-order chi connectivity index (χ1) is 8.04. The number of unbranched alkanes of at least 4 members (excludes halogenated alkanes) is 4. The average Bonchev–Trinajstić information content (AvgIpc) is 2.28. The summed E-state index contributed by atoms with van der Waals surface area (Å²) in [7, 11) is -2.89. The summed E-state index contributed by atoms with van der Waals surface area (Å²) in [6.45, 7) is 7.60. The molecule has 104 valence electrons. The second-order valence-electron chi connectivity index (χ2n) is 4.80. The lowest BCUT2D eigenvalue weighted by Gasteiger charge is -2.13. The third kappa shape index (κ3) is 8.61. The van der Waals surface area contributed by atoms with Crippen molar-refractivity contribution in [2.45, 2.75) is 64.5 Å². The van der Waals surface area contributed by atoms with E-state index in [0.29, 0.717) is 12.3 Å². The molecule has 0 amide bonds. The Morgan fingerprint density at radius 2 is 1.59 bits per heavy atom. The molecule has 0 bridgehead atoms. The molecule has 17 heavy (non-hydrogen) atoms. The van der Waals surface area contributed by atoms with Crippen molar-refractivity contribution >= 4 is 9.84 Å². The van der Waals surface area contributed by atoms with Gasteiger partial charge < -0.3 is 5.32 Å². The minimum Gasteiger partial charge on any atom is -0.315 e. The van der Waals surface area contributed by atoms with Gasteiger partial charge in [-0.2, -0.15) is 0 Å². The van der Waals surface area contributed by atoms with E-state index in [9.17, 15) is 8.42 Å². The van der Waals surface area contributed by atoms with E-state index in [2.05, 4.69) is 19.2 Å². The number of nitrogens with one attached hydrogen (secondary N) is 1. The van der Waals surface area contributed by atoms with Crippen molar-refractivity contribution in [3.8, 4) is 0 Å². The molecule has 0 saturated carbocycles. The van der Waals surface area contributed by atoms with Gasteiger partial charge in [-0.3, -0.25) is 0 Å². The van der Waals surface area contributed by atoms with Crippen LogP contribution in [0.3, 0.4) is 0 Å². The Bertz CT molecular complexity index is 263. The monoisotopic (exact) mass is 263 g/mol. The van der Waals surface area contributed by atoms with E-state index in [-0.39, 0.29) is 5.25 Å². The first kappa shape index (κ1) is 16.9. The van der Waals surface area contributed by atoms with Crippen LogP contribution in [-0.2, 0) is 9.84 Å². The van der Waals surface area contributed by atoms with Crippen LogP contribution in [0.15, 0.2) is 0 Å². The van der Waals surface area contributed by atoms with Gasteiger partial charge in [0.25, 0.3) is 0 Å². The van der Waals surface area contributed by atoms with Crippen molar-refractivity contribution in [2.24, 2.45) is 0 Å². The highest BCUT2D eigenvalue weighted by molar-refractivity contribution is 7.92. The molecule has 0 aliphatic rings. The first-order valence-corrected chi connectivity index (χ1v) is 8.68. The lowest BCUT2D eigenvalue weighted by molar-refractivity contribution is 0.560. The highest BCUT2D eigenvalue weighted by Crippen LogP contribution is 2.06. The maximum atomic E-state index is 11.9. The lowest BCUT2D eigenvalue weighted by Crippen LogP contribution is -2.33. The van der Waals surface area contributed by atoms with Gasteiger partial charge in [0.1, 0.15) is 0 Å². The summed E-state index contributed by atoms with van der Waals surface area (Å²) in [4.78, 5) is 0. The normalized spacial score (nSPS) is 13.8. The molecule has 4 heteroatoms. The zero-order valence-electron chi connectivity index (χ0n) is 11.7. The highest BCUT2D eigenvalue weighted by Gasteiger charge is 2.19. The van der Waals surface area contributed by atoms with Crippen molar-refractivity contribution in [2.75, 3.05) is 18.8 Å². The maximum Gasteiger partial charge on any atom is 0.154 e. The maximum absolute atomic E-state index is 11.9. The standard InChI is InChI=1S/C13H29NO2S/c1-4-6-8-10-14-12-13(3)17(15,16)11-9-7-5-2/h13-14H,4-12H2,1-3H3. The Morgan fingerprint density at radius 1 is 1.00 bits per heavy atom. The van der Waals surface area contributed by atoms with Crippen molar-refractivity contribution in [3.05, 3.63) is 0 Å². The van der Waals surface area contributed by atoms with Crippen LogP contribution in [0.25, 0.3) is 0 Å². The molecule has 0 saturated heterocycles. The molecular weight excluding hydrogens is 234 g/mol. The fraction of sp³-hybridized carbons (Fsp3) is 1.00. The van der Waals surface area contributed by atoms with Crippen LogP contribution in [0.1, 0.15) is 59.3 Å². The topological polar surface area (TPSA) is 46.2 Å². The first-order valence-electron chi connectivity index (χ1n) is 6.96. The van der Waals surface area contributed by atoms with Crippen LogP contribution in [0, 0.1) is 0 Å². The quantitative estimate of drug-likeness (QED) is 0.583. The molecule has 0 radical (unpaired) electrons. The summed E-state index contributed by atoms with van der Waals surface area (Å²) in [6, 6.07) is 0. The molecule has 0 aromatic rings. The van der Waals surface area contributed by atoms with Gasteiger partial charge in [-0.1, -0.05) is 39.5 Å². The molecule has 0 fully saturated rings. The second-order valence-corrected chi connectivity index (χ2v) is 7.33. The highest BCUT2D eigenvalue weighted by atomic mass is 32.2. The van der Waals surface area contributed by atoms with Crippen LogP contribution in [0.5, 0.6) is 0 Å². The predicted octanol–water partition coefficient (Wildman–Crippen LogP) is 2.76. The predicted molar refractivity (Wildman–Crippen MR) is 75.2 cm³/mol. The van der Waals surface area contributed by atoms with Crippen molar-refractivity contribution < 1.29 is 8.42 Å². The smallest absolute Gasteiger partial charge is 0.154 e. The van der Waals surface area contributed by atoms with Crippen LogP contribution < -0.4 is 5.32 Å². The van der Waals surface area contributed by atoms with Gasteiger partial charge in [0, 0.05) is 6.54 Å². The fourth-order valence-corrected chi connectivity index (χ4v) is 3.07. The van der Waals surface area contributed by atoms with E-state index >= 15 is 0 Å². The van der Waals surface area contributed by atoms with E-state index in [1.807, 2.05) is 6.92 Å². The largest absolute Gasteiger partial charge is 0.315 e. The van der Waals surface area contributed by atoms with Crippen LogP contribution >= 0.6 is 0 Å². The third-order valence-corrected chi connectivity index (χ3v) is 5.28. The van der Waals surface area contributed by atoms with E-state index in [4.69, 9.17) is 0 Å². The van der Waals surface area contributed by atoms with Gasteiger partial charge in [-0.05, 0) is 26.3 Å². The Balaban J connectivity index is 3.75. The third-order valence-electron chi connectivity index (χ3n) is 3.03. The number of sulfone groups is 1. The minimum atomic E-state index is -2.89. The molecule has 1 N–H and O–H groups in total. The molecule has 0 spiro atoms. The summed E-state index contributed by atoms with van der Waals surface area (Å²) >= 11 is 0. The Kier molecular flexibility index (Phi) is 9.84. The fourth-order valence-electron chi connectivity index (χ4n) is 1.69. The molecule has 0 aromatic heterocycles. The van der Waals surface area contributed by atoms with Gasteiger partial charge in [-0.25, -0.2) is 8.42 Å².